The third kappa shape index (κ3) is 5.01. The molecule has 4 atom stereocenters. The van der Waals surface area contributed by atoms with E-state index in [1.165, 1.54) is 12.7 Å². The van der Waals surface area contributed by atoms with E-state index in [4.69, 9.17) is 4.74 Å². The Morgan fingerprint density at radius 3 is 2.40 bits per heavy atom. The number of hydrogen-bond donors (Lipinski definition) is 4. The monoisotopic (exact) mass is 569 g/mol. The van der Waals surface area contributed by atoms with Crippen molar-refractivity contribution in [1.29, 1.82) is 0 Å². The molecule has 3 aromatic rings. The van der Waals surface area contributed by atoms with E-state index < -0.39 is 22.5 Å². The summed E-state index contributed by atoms with van der Waals surface area (Å²) >= 11 is 0. The highest BCUT2D eigenvalue weighted by Gasteiger charge is 2.79. The van der Waals surface area contributed by atoms with Gasteiger partial charge in [-0.3, -0.25) is 4.79 Å². The zero-order valence-corrected chi connectivity index (χ0v) is 24.9. The van der Waals surface area contributed by atoms with E-state index >= 15 is 0 Å². The van der Waals surface area contributed by atoms with Crippen molar-refractivity contribution < 1.29 is 24.9 Å². The van der Waals surface area contributed by atoms with Gasteiger partial charge in [0, 0.05) is 38.0 Å². The number of Topliss-reactive ketones (excluding diaryl/α,β-unsaturated/α-hetero) is 1. The number of aromatic hydroxyl groups is 1. The Morgan fingerprint density at radius 2 is 1.69 bits per heavy atom. The molecule has 2 saturated carbocycles. The fraction of sp³-hybridized carbons (Fsp3) is 0.417. The maximum absolute atomic E-state index is 14.1. The molecule has 6 nitrogen and oxygen atoms in total. The number of carbonyl (C=O) groups is 1. The van der Waals surface area contributed by atoms with Crippen LogP contribution in [0.2, 0.25) is 0 Å². The number of aryl methyl sites for hydroxylation is 1. The number of methoxy groups -OCH3 is 1. The fourth-order valence-corrected chi connectivity index (χ4v) is 7.69. The molecule has 0 unspecified atom stereocenters. The lowest BCUT2D eigenvalue weighted by molar-refractivity contribution is -0.253. The van der Waals surface area contributed by atoms with E-state index in [2.05, 4.69) is 36.2 Å². The standard InChI is InChI=1S/C36H43NO5/c1-24-33-30(23-38)21-35(34(24,2)3,36(33,41)42-4)32(40)14-13-26-11-8-12-28(17-26)29-18-27(19-31(39)20-29)22-37-16-15-25-9-6-5-7-10-25/h5-12,17-20,30,33,37-39,41H,1,13-16,21-23H2,2-4H3/t30-,33-,35+,36-/m0/s1. The lowest BCUT2D eigenvalue weighted by Gasteiger charge is -2.46. The molecule has 6 heteroatoms. The van der Waals surface area contributed by atoms with Crippen LogP contribution >= 0.6 is 0 Å². The molecule has 2 fully saturated rings. The van der Waals surface area contributed by atoms with Gasteiger partial charge in [-0.15, -0.1) is 0 Å². The topological polar surface area (TPSA) is 99.0 Å². The van der Waals surface area contributed by atoms with Crippen molar-refractivity contribution in [1.82, 2.24) is 5.32 Å². The first-order chi connectivity index (χ1) is 20.1. The second-order valence-corrected chi connectivity index (χ2v) is 12.5. The molecular weight excluding hydrogens is 526 g/mol. The number of benzene rings is 3. The summed E-state index contributed by atoms with van der Waals surface area (Å²) in [4.78, 5) is 14.1. The molecule has 0 saturated heterocycles. The number of fused-ring (bicyclic) bond motifs is 2. The van der Waals surface area contributed by atoms with Crippen LogP contribution in [-0.2, 0) is 28.9 Å². The van der Waals surface area contributed by atoms with E-state index in [9.17, 15) is 20.1 Å². The van der Waals surface area contributed by atoms with Crippen molar-refractivity contribution >= 4 is 5.78 Å². The molecule has 0 aliphatic heterocycles. The summed E-state index contributed by atoms with van der Waals surface area (Å²) in [6.45, 7) is 9.51. The summed E-state index contributed by atoms with van der Waals surface area (Å²) in [7, 11) is 1.44. The Morgan fingerprint density at radius 1 is 0.976 bits per heavy atom. The molecule has 3 aromatic carbocycles. The third-order valence-corrected chi connectivity index (χ3v) is 9.98. The second-order valence-electron chi connectivity index (χ2n) is 12.5. The molecule has 0 heterocycles. The predicted molar refractivity (Wildman–Crippen MR) is 165 cm³/mol. The number of hydrogen-bond acceptors (Lipinski definition) is 6. The lowest BCUT2D eigenvalue weighted by Crippen LogP contribution is -2.55. The molecular formula is C36H43NO5. The highest BCUT2D eigenvalue weighted by atomic mass is 16.6. The van der Waals surface area contributed by atoms with E-state index in [0.717, 1.165) is 40.8 Å². The van der Waals surface area contributed by atoms with Gasteiger partial charge in [-0.2, -0.15) is 0 Å². The molecule has 5 rings (SSSR count). The summed E-state index contributed by atoms with van der Waals surface area (Å²) in [5.74, 6) is -2.29. The Labute approximate surface area is 249 Å². The number of carbonyl (C=O) groups excluding carboxylic acids is 1. The Bertz CT molecular complexity index is 1450. The van der Waals surface area contributed by atoms with Gasteiger partial charge in [0.15, 0.2) is 5.79 Å². The predicted octanol–water partition coefficient (Wildman–Crippen LogP) is 5.44. The molecule has 222 valence electrons. The molecule has 0 spiro atoms. The van der Waals surface area contributed by atoms with Crippen molar-refractivity contribution in [2.45, 2.75) is 51.9 Å². The zero-order chi connectivity index (χ0) is 30.1. The Kier molecular flexibility index (Phi) is 8.46. The van der Waals surface area contributed by atoms with Crippen molar-refractivity contribution in [2.75, 3.05) is 20.3 Å². The SMILES string of the molecule is C=C1[C@H]2[C@H](CO)C[C@@](C(=O)CCc3cccc(-c4cc(O)cc(CNCCc5ccccc5)c4)c3)(C1(C)C)[C@@]2(O)OC. The van der Waals surface area contributed by atoms with Crippen LogP contribution in [0.3, 0.4) is 0 Å². The van der Waals surface area contributed by atoms with E-state index in [0.29, 0.717) is 19.4 Å². The van der Waals surface area contributed by atoms with Crippen LogP contribution in [-0.4, -0.2) is 47.2 Å². The first-order valence-corrected chi connectivity index (χ1v) is 14.8. The third-order valence-electron chi connectivity index (χ3n) is 9.98. The molecule has 2 aliphatic carbocycles. The maximum Gasteiger partial charge on any atom is 0.185 e. The minimum absolute atomic E-state index is 0.0666. The molecule has 0 aromatic heterocycles. The number of rotatable bonds is 12. The largest absolute Gasteiger partial charge is 0.508 e. The number of phenolic OH excluding ortho intramolecular Hbond substituents is 1. The zero-order valence-electron chi connectivity index (χ0n) is 24.9. The van der Waals surface area contributed by atoms with Crippen molar-refractivity contribution in [3.63, 3.8) is 0 Å². The second kappa shape index (κ2) is 11.8. The van der Waals surface area contributed by atoms with Crippen molar-refractivity contribution in [3.05, 3.63) is 102 Å². The minimum Gasteiger partial charge on any atom is -0.508 e. The van der Waals surface area contributed by atoms with Crippen LogP contribution in [0.15, 0.2) is 84.9 Å². The van der Waals surface area contributed by atoms with Gasteiger partial charge in [-0.05, 0) is 77.7 Å². The molecule has 2 bridgehead atoms. The first kappa shape index (κ1) is 30.2. The number of ether oxygens (including phenoxy) is 1. The highest BCUT2D eigenvalue weighted by Crippen LogP contribution is 2.73. The number of phenols is 1. The Balaban J connectivity index is 1.29. The molecule has 4 N–H and O–H groups in total. The normalized spacial score (nSPS) is 26.1. The van der Waals surface area contributed by atoms with Gasteiger partial charge < -0.3 is 25.4 Å². The first-order valence-electron chi connectivity index (χ1n) is 14.8. The molecule has 42 heavy (non-hydrogen) atoms. The average molecular weight is 570 g/mol. The summed E-state index contributed by atoms with van der Waals surface area (Å²) in [6.07, 6.45) is 2.03. The fourth-order valence-electron chi connectivity index (χ4n) is 7.69. The van der Waals surface area contributed by atoms with Gasteiger partial charge in [0.25, 0.3) is 0 Å². The van der Waals surface area contributed by atoms with E-state index in [1.807, 2.05) is 50.2 Å². The number of nitrogens with one attached hydrogen (secondary N) is 1. The quantitative estimate of drug-likeness (QED) is 0.132. The average Bonchev–Trinajstić information content (AvgIpc) is 3.34. The van der Waals surface area contributed by atoms with Crippen molar-refractivity contribution in [3.8, 4) is 16.9 Å². The van der Waals surface area contributed by atoms with E-state index in [1.54, 1.807) is 12.1 Å². The molecule has 0 amide bonds. The van der Waals surface area contributed by atoms with Crippen LogP contribution in [0.4, 0.5) is 0 Å². The van der Waals surface area contributed by atoms with Gasteiger partial charge in [0.2, 0.25) is 0 Å². The molecule has 2 aliphatic rings. The van der Waals surface area contributed by atoms with Crippen LogP contribution < -0.4 is 5.32 Å². The van der Waals surface area contributed by atoms with Gasteiger partial charge in [-0.1, -0.05) is 80.6 Å². The smallest absolute Gasteiger partial charge is 0.185 e. The van der Waals surface area contributed by atoms with Crippen LogP contribution in [0, 0.1) is 22.7 Å². The van der Waals surface area contributed by atoms with Gasteiger partial charge in [0.1, 0.15) is 11.5 Å². The number of ketones is 1. The minimum atomic E-state index is -1.69. The number of aliphatic hydroxyl groups excluding tert-OH is 1. The lowest BCUT2D eigenvalue weighted by atomic mass is 9.58. The van der Waals surface area contributed by atoms with Crippen LogP contribution in [0.25, 0.3) is 11.1 Å². The summed E-state index contributed by atoms with van der Waals surface area (Å²) < 4.78 is 5.69. The summed E-state index contributed by atoms with van der Waals surface area (Å²) in [6, 6.07) is 24.0. The van der Waals surface area contributed by atoms with Crippen LogP contribution in [0.5, 0.6) is 5.75 Å². The maximum atomic E-state index is 14.1. The highest BCUT2D eigenvalue weighted by molar-refractivity contribution is 5.89. The Hall–Kier alpha value is -3.29. The van der Waals surface area contributed by atoms with E-state index in [-0.39, 0.29) is 30.5 Å². The summed E-state index contributed by atoms with van der Waals surface area (Å²) in [5.41, 5.74) is 4.07. The van der Waals surface area contributed by atoms with Gasteiger partial charge in [-0.25, -0.2) is 0 Å². The summed E-state index contributed by atoms with van der Waals surface area (Å²) in [5, 5.41) is 35.7. The molecule has 0 radical (unpaired) electrons. The van der Waals surface area contributed by atoms with Gasteiger partial charge >= 0.3 is 0 Å². The van der Waals surface area contributed by atoms with Gasteiger partial charge in [0.05, 0.1) is 5.41 Å². The number of aliphatic hydroxyl groups is 2. The van der Waals surface area contributed by atoms with Crippen LogP contribution in [0.1, 0.15) is 43.4 Å². The van der Waals surface area contributed by atoms with Crippen molar-refractivity contribution in [2.24, 2.45) is 22.7 Å².